The maximum atomic E-state index is 13.3. The molecule has 31 heavy (non-hydrogen) atoms. The van der Waals surface area contributed by atoms with Crippen LogP contribution in [0.2, 0.25) is 0 Å². The Labute approximate surface area is 176 Å². The molecule has 2 unspecified atom stereocenters. The molecular weight excluding hydrogens is 420 g/mol. The van der Waals surface area contributed by atoms with E-state index in [0.29, 0.717) is 18.7 Å². The summed E-state index contributed by atoms with van der Waals surface area (Å²) in [6.07, 6.45) is -7.24. The van der Waals surface area contributed by atoms with Crippen LogP contribution < -0.4 is 0 Å². The molecule has 2 aliphatic rings. The lowest BCUT2D eigenvalue weighted by Gasteiger charge is -2.52. The summed E-state index contributed by atoms with van der Waals surface area (Å²) in [5, 5.41) is 11.4. The topological polar surface area (TPSA) is 23.5 Å². The van der Waals surface area contributed by atoms with Gasteiger partial charge in [-0.1, -0.05) is 36.8 Å². The van der Waals surface area contributed by atoms with Crippen LogP contribution in [0.5, 0.6) is 0 Å². The number of benzene rings is 2. The van der Waals surface area contributed by atoms with Gasteiger partial charge in [0.2, 0.25) is 0 Å². The molecule has 168 valence electrons. The summed E-state index contributed by atoms with van der Waals surface area (Å²) in [6, 6.07) is 11.0. The predicted molar refractivity (Wildman–Crippen MR) is 103 cm³/mol. The average Bonchev–Trinajstić information content (AvgIpc) is 2.68. The molecule has 2 aromatic rings. The smallest absolute Gasteiger partial charge is 0.385 e. The summed E-state index contributed by atoms with van der Waals surface area (Å²) in [6.45, 7) is 0.642. The minimum Gasteiger partial charge on any atom is -0.385 e. The first kappa shape index (κ1) is 22.1. The number of fused-ring (bicyclic) bond motifs is 2. The van der Waals surface area contributed by atoms with Crippen molar-refractivity contribution in [1.29, 1.82) is 0 Å². The molecule has 2 aromatic carbocycles. The number of nitrogens with zero attached hydrogens (tertiary/aromatic N) is 1. The highest BCUT2D eigenvalue weighted by Crippen LogP contribution is 2.47. The fraction of sp³-hybridized carbons (Fsp3) is 0.478. The monoisotopic (exact) mass is 443 g/mol. The Balaban J connectivity index is 1.68. The molecule has 2 atom stereocenters. The lowest BCUT2D eigenvalue weighted by molar-refractivity contribution is -0.144. The van der Waals surface area contributed by atoms with Gasteiger partial charge in [0.05, 0.1) is 16.7 Å². The Hall–Kier alpha value is -2.06. The van der Waals surface area contributed by atoms with Gasteiger partial charge in [-0.3, -0.25) is 4.90 Å². The molecule has 0 aliphatic carbocycles. The molecule has 2 fully saturated rings. The van der Waals surface area contributed by atoms with Gasteiger partial charge >= 0.3 is 12.4 Å². The Morgan fingerprint density at radius 2 is 1.35 bits per heavy atom. The van der Waals surface area contributed by atoms with E-state index in [1.807, 2.05) is 30.3 Å². The van der Waals surface area contributed by atoms with Gasteiger partial charge < -0.3 is 5.11 Å². The summed E-state index contributed by atoms with van der Waals surface area (Å²) in [7, 11) is 0. The molecule has 0 saturated carbocycles. The molecule has 1 N–H and O–H groups in total. The predicted octanol–water partition coefficient (Wildman–Crippen LogP) is 6.13. The van der Waals surface area contributed by atoms with Crippen molar-refractivity contribution in [2.24, 2.45) is 0 Å². The fourth-order valence-electron chi connectivity index (χ4n) is 5.03. The maximum Gasteiger partial charge on any atom is 0.416 e. The largest absolute Gasteiger partial charge is 0.416 e. The van der Waals surface area contributed by atoms with E-state index < -0.39 is 29.1 Å². The van der Waals surface area contributed by atoms with Crippen molar-refractivity contribution in [2.45, 2.75) is 68.7 Å². The second kappa shape index (κ2) is 7.81. The molecule has 2 nitrogen and oxygen atoms in total. The molecule has 0 spiro atoms. The van der Waals surface area contributed by atoms with E-state index in [1.165, 1.54) is 0 Å². The maximum absolute atomic E-state index is 13.3. The van der Waals surface area contributed by atoms with E-state index >= 15 is 0 Å². The second-order valence-corrected chi connectivity index (χ2v) is 8.63. The molecule has 8 heteroatoms. The van der Waals surface area contributed by atoms with E-state index in [0.717, 1.165) is 24.8 Å². The average molecular weight is 443 g/mol. The van der Waals surface area contributed by atoms with Crippen LogP contribution in [0.25, 0.3) is 0 Å². The van der Waals surface area contributed by atoms with Crippen LogP contribution in [-0.2, 0) is 24.5 Å². The minimum absolute atomic E-state index is 0.106. The van der Waals surface area contributed by atoms with Crippen molar-refractivity contribution in [1.82, 2.24) is 4.90 Å². The van der Waals surface area contributed by atoms with E-state index in [4.69, 9.17) is 0 Å². The number of hydrogen-bond acceptors (Lipinski definition) is 2. The minimum atomic E-state index is -4.93. The Morgan fingerprint density at radius 1 is 0.839 bits per heavy atom. The Kier molecular flexibility index (Phi) is 5.58. The summed E-state index contributed by atoms with van der Waals surface area (Å²) in [5.41, 5.74) is -3.72. The molecular formula is C23H23F6NO. The lowest BCUT2D eigenvalue weighted by atomic mass is 9.72. The van der Waals surface area contributed by atoms with Gasteiger partial charge in [-0.05, 0) is 55.0 Å². The number of rotatable bonds is 3. The zero-order valence-corrected chi connectivity index (χ0v) is 16.7. The van der Waals surface area contributed by atoms with Gasteiger partial charge in [0.15, 0.2) is 0 Å². The third-order valence-corrected chi connectivity index (χ3v) is 6.49. The zero-order chi connectivity index (χ0) is 22.4. The van der Waals surface area contributed by atoms with Crippen LogP contribution >= 0.6 is 0 Å². The molecule has 2 bridgehead atoms. The van der Waals surface area contributed by atoms with E-state index in [9.17, 15) is 31.4 Å². The number of hydrogen-bond donors (Lipinski definition) is 1. The van der Waals surface area contributed by atoms with Crippen molar-refractivity contribution < 1.29 is 31.4 Å². The number of piperidine rings is 2. The van der Waals surface area contributed by atoms with Crippen LogP contribution in [-0.4, -0.2) is 22.1 Å². The lowest BCUT2D eigenvalue weighted by Crippen LogP contribution is -2.56. The van der Waals surface area contributed by atoms with Crippen molar-refractivity contribution in [3.05, 3.63) is 70.8 Å². The number of aliphatic hydroxyl groups is 1. The highest BCUT2D eigenvalue weighted by Gasteiger charge is 2.48. The van der Waals surface area contributed by atoms with Crippen molar-refractivity contribution >= 4 is 0 Å². The first-order valence-electron chi connectivity index (χ1n) is 10.3. The summed E-state index contributed by atoms with van der Waals surface area (Å²) in [4.78, 5) is 2.24. The van der Waals surface area contributed by atoms with Gasteiger partial charge in [0.1, 0.15) is 0 Å². The standard InChI is InChI=1S/C23H23F6NO/c24-22(25,26)17-9-16(10-18(11-17)23(27,28)29)21(31)12-19-7-4-8-20(13-21)30(19)14-15-5-2-1-3-6-15/h1-3,5-6,9-11,19-20,31H,4,7-8,12-14H2. The Bertz CT molecular complexity index is 878. The highest BCUT2D eigenvalue weighted by molar-refractivity contribution is 5.37. The Morgan fingerprint density at radius 3 is 1.84 bits per heavy atom. The normalized spacial score (nSPS) is 27.3. The van der Waals surface area contributed by atoms with E-state index in [-0.39, 0.29) is 36.6 Å². The number of alkyl halides is 6. The van der Waals surface area contributed by atoms with Crippen molar-refractivity contribution in [3.8, 4) is 0 Å². The van der Waals surface area contributed by atoms with Gasteiger partial charge in [0, 0.05) is 18.6 Å². The summed E-state index contributed by atoms with van der Waals surface area (Å²) in [5.74, 6) is 0. The van der Waals surface area contributed by atoms with Crippen LogP contribution in [0.3, 0.4) is 0 Å². The highest BCUT2D eigenvalue weighted by atomic mass is 19.4. The first-order valence-corrected chi connectivity index (χ1v) is 10.3. The van der Waals surface area contributed by atoms with Gasteiger partial charge in [0.25, 0.3) is 0 Å². The fourth-order valence-corrected chi connectivity index (χ4v) is 5.03. The molecule has 2 heterocycles. The van der Waals surface area contributed by atoms with Gasteiger partial charge in [-0.25, -0.2) is 0 Å². The van der Waals surface area contributed by atoms with Crippen molar-refractivity contribution in [3.63, 3.8) is 0 Å². The van der Waals surface area contributed by atoms with Crippen LogP contribution in [0.15, 0.2) is 48.5 Å². The van der Waals surface area contributed by atoms with Crippen LogP contribution in [0.1, 0.15) is 54.4 Å². The van der Waals surface area contributed by atoms with E-state index in [2.05, 4.69) is 4.90 Å². The first-order chi connectivity index (χ1) is 14.5. The molecule has 2 aliphatic heterocycles. The zero-order valence-electron chi connectivity index (χ0n) is 16.7. The van der Waals surface area contributed by atoms with Crippen molar-refractivity contribution in [2.75, 3.05) is 0 Å². The molecule has 0 aromatic heterocycles. The third kappa shape index (κ3) is 4.60. The summed E-state index contributed by atoms with van der Waals surface area (Å²) >= 11 is 0. The number of halogens is 6. The molecule has 0 radical (unpaired) electrons. The van der Waals surface area contributed by atoms with Gasteiger partial charge in [-0.15, -0.1) is 0 Å². The molecule has 0 amide bonds. The molecule has 4 rings (SSSR count). The second-order valence-electron chi connectivity index (χ2n) is 8.63. The third-order valence-electron chi connectivity index (χ3n) is 6.49. The van der Waals surface area contributed by atoms with Gasteiger partial charge in [-0.2, -0.15) is 26.3 Å². The van der Waals surface area contributed by atoms with Crippen LogP contribution in [0.4, 0.5) is 26.3 Å². The van der Waals surface area contributed by atoms with E-state index in [1.54, 1.807) is 0 Å². The quantitative estimate of drug-likeness (QED) is 0.577. The van der Waals surface area contributed by atoms with Crippen LogP contribution in [0, 0.1) is 0 Å². The summed E-state index contributed by atoms with van der Waals surface area (Å²) < 4.78 is 79.8. The SMILES string of the molecule is OC1(c2cc(C(F)(F)F)cc(C(F)(F)F)c2)CC2CCCC(C1)N2Cc1ccccc1. The molecule has 2 saturated heterocycles.